The molecule has 1 heterocycles. The van der Waals surface area contributed by atoms with Crippen molar-refractivity contribution in [3.8, 4) is 6.07 Å². The Labute approximate surface area is 107 Å². The van der Waals surface area contributed by atoms with Crippen LogP contribution < -0.4 is 10.2 Å². The van der Waals surface area contributed by atoms with E-state index in [4.69, 9.17) is 5.26 Å². The van der Waals surface area contributed by atoms with E-state index in [-0.39, 0.29) is 18.4 Å². The molecule has 0 radical (unpaired) electrons. The van der Waals surface area contributed by atoms with Crippen molar-refractivity contribution in [2.45, 2.75) is 26.3 Å². The Morgan fingerprint density at radius 1 is 1.50 bits per heavy atom. The molecule has 94 valence electrons. The van der Waals surface area contributed by atoms with Crippen LogP contribution in [0.1, 0.15) is 17.5 Å². The van der Waals surface area contributed by atoms with Crippen LogP contribution in [0.25, 0.3) is 0 Å². The smallest absolute Gasteiger partial charge is 0.243 e. The van der Waals surface area contributed by atoms with E-state index in [1.165, 1.54) is 11.1 Å². The van der Waals surface area contributed by atoms with Gasteiger partial charge in [-0.15, -0.1) is 0 Å². The molecule has 1 atom stereocenters. The molecule has 1 fully saturated rings. The second-order valence-electron chi connectivity index (χ2n) is 4.58. The summed E-state index contributed by atoms with van der Waals surface area (Å²) < 4.78 is 0. The summed E-state index contributed by atoms with van der Waals surface area (Å²) in [5.41, 5.74) is 3.44. The predicted octanol–water partition coefficient (Wildman–Crippen LogP) is 1.52. The maximum Gasteiger partial charge on any atom is 0.243 e. The van der Waals surface area contributed by atoms with Gasteiger partial charge in [0.2, 0.25) is 5.91 Å². The summed E-state index contributed by atoms with van der Waals surface area (Å²) in [6.07, 6.45) is 0.221. The Morgan fingerprint density at radius 3 is 3.00 bits per heavy atom. The summed E-state index contributed by atoms with van der Waals surface area (Å²) in [6, 6.07) is 7.80. The number of nitrogens with zero attached hydrogens (tertiary/aromatic N) is 2. The van der Waals surface area contributed by atoms with Crippen LogP contribution in [0.3, 0.4) is 0 Å². The van der Waals surface area contributed by atoms with E-state index >= 15 is 0 Å². The molecule has 1 aromatic carbocycles. The van der Waals surface area contributed by atoms with Crippen molar-refractivity contribution in [3.63, 3.8) is 0 Å². The van der Waals surface area contributed by atoms with Crippen molar-refractivity contribution < 1.29 is 4.79 Å². The van der Waals surface area contributed by atoms with Crippen molar-refractivity contribution in [1.29, 1.82) is 5.26 Å². The fourth-order valence-corrected chi connectivity index (χ4v) is 2.34. The second-order valence-corrected chi connectivity index (χ2v) is 4.58. The molecule has 4 nitrogen and oxygen atoms in total. The van der Waals surface area contributed by atoms with Crippen LogP contribution in [-0.4, -0.2) is 25.0 Å². The number of hydrogen-bond donors (Lipinski definition) is 1. The molecule has 0 aromatic heterocycles. The fourth-order valence-electron chi connectivity index (χ4n) is 2.34. The zero-order valence-corrected chi connectivity index (χ0v) is 10.7. The topological polar surface area (TPSA) is 56.1 Å². The first-order valence-electron chi connectivity index (χ1n) is 6.12. The number of nitriles is 1. The van der Waals surface area contributed by atoms with Gasteiger partial charge in [0, 0.05) is 18.8 Å². The minimum atomic E-state index is -0.371. The van der Waals surface area contributed by atoms with E-state index in [1.807, 2.05) is 17.0 Å². The quantitative estimate of drug-likeness (QED) is 0.856. The third kappa shape index (κ3) is 2.17. The van der Waals surface area contributed by atoms with E-state index in [9.17, 15) is 4.79 Å². The van der Waals surface area contributed by atoms with E-state index in [0.717, 1.165) is 12.2 Å². The molecule has 1 aromatic rings. The number of aryl methyl sites for hydroxylation is 1. The third-order valence-corrected chi connectivity index (χ3v) is 3.50. The maximum atomic E-state index is 11.9. The van der Waals surface area contributed by atoms with Crippen LogP contribution >= 0.6 is 0 Å². The lowest BCUT2D eigenvalue weighted by Crippen LogP contribution is -2.55. The summed E-state index contributed by atoms with van der Waals surface area (Å²) in [6.45, 7) is 5.50. The van der Waals surface area contributed by atoms with E-state index < -0.39 is 0 Å². The molecular formula is C14H17N3O. The summed E-state index contributed by atoms with van der Waals surface area (Å²) in [7, 11) is 0. The van der Waals surface area contributed by atoms with Crippen LogP contribution in [0.15, 0.2) is 18.2 Å². The van der Waals surface area contributed by atoms with Gasteiger partial charge in [-0.3, -0.25) is 4.79 Å². The molecule has 0 saturated carbocycles. The minimum Gasteiger partial charge on any atom is -0.357 e. The lowest BCUT2D eigenvalue weighted by Gasteiger charge is -2.36. The average molecular weight is 243 g/mol. The minimum absolute atomic E-state index is 0.0521. The van der Waals surface area contributed by atoms with E-state index in [1.54, 1.807) is 0 Å². The van der Waals surface area contributed by atoms with E-state index in [2.05, 4.69) is 31.3 Å². The van der Waals surface area contributed by atoms with Gasteiger partial charge in [-0.2, -0.15) is 5.26 Å². The molecule has 2 rings (SSSR count). The SMILES string of the molecule is Cc1cccc(N2CCNC(=O)C2CC#N)c1C. The number of anilines is 1. The highest BCUT2D eigenvalue weighted by atomic mass is 16.2. The van der Waals surface area contributed by atoms with Gasteiger partial charge in [0.1, 0.15) is 6.04 Å². The Morgan fingerprint density at radius 2 is 2.28 bits per heavy atom. The first kappa shape index (κ1) is 12.4. The molecule has 1 aliphatic rings. The van der Waals surface area contributed by atoms with Crippen molar-refractivity contribution in [3.05, 3.63) is 29.3 Å². The number of piperazine rings is 1. The van der Waals surface area contributed by atoms with Crippen LogP contribution in [0.5, 0.6) is 0 Å². The molecular weight excluding hydrogens is 226 g/mol. The number of carbonyl (C=O) groups is 1. The van der Waals surface area contributed by atoms with Crippen LogP contribution in [-0.2, 0) is 4.79 Å². The largest absolute Gasteiger partial charge is 0.357 e. The normalized spacial score (nSPS) is 19.3. The zero-order chi connectivity index (χ0) is 13.1. The molecule has 0 bridgehead atoms. The molecule has 18 heavy (non-hydrogen) atoms. The summed E-state index contributed by atoms with van der Waals surface area (Å²) in [5, 5.41) is 11.7. The van der Waals surface area contributed by atoms with Crippen molar-refractivity contribution in [2.75, 3.05) is 18.0 Å². The third-order valence-electron chi connectivity index (χ3n) is 3.50. The van der Waals surface area contributed by atoms with Gasteiger partial charge in [0.05, 0.1) is 12.5 Å². The lowest BCUT2D eigenvalue weighted by molar-refractivity contribution is -0.123. The number of benzene rings is 1. The number of carbonyl (C=O) groups excluding carboxylic acids is 1. The number of nitrogens with one attached hydrogen (secondary N) is 1. The zero-order valence-electron chi connectivity index (χ0n) is 10.7. The van der Waals surface area contributed by atoms with Gasteiger partial charge < -0.3 is 10.2 Å². The maximum absolute atomic E-state index is 11.9. The van der Waals surface area contributed by atoms with Crippen LogP contribution in [0.2, 0.25) is 0 Å². The summed E-state index contributed by atoms with van der Waals surface area (Å²) >= 11 is 0. The lowest BCUT2D eigenvalue weighted by atomic mass is 10.0. The Hall–Kier alpha value is -2.02. The monoisotopic (exact) mass is 243 g/mol. The molecule has 1 unspecified atom stereocenters. The van der Waals surface area contributed by atoms with Gasteiger partial charge in [-0.25, -0.2) is 0 Å². The Kier molecular flexibility index (Phi) is 3.52. The average Bonchev–Trinajstić information content (AvgIpc) is 2.36. The molecule has 1 amide bonds. The molecule has 1 saturated heterocycles. The van der Waals surface area contributed by atoms with Gasteiger partial charge in [0.25, 0.3) is 0 Å². The van der Waals surface area contributed by atoms with Gasteiger partial charge in [-0.1, -0.05) is 12.1 Å². The number of rotatable bonds is 2. The van der Waals surface area contributed by atoms with Crippen LogP contribution in [0.4, 0.5) is 5.69 Å². The highest BCUT2D eigenvalue weighted by molar-refractivity contribution is 5.87. The van der Waals surface area contributed by atoms with Crippen LogP contribution in [0, 0.1) is 25.2 Å². The summed E-state index contributed by atoms with van der Waals surface area (Å²) in [5.74, 6) is -0.0521. The predicted molar refractivity (Wildman–Crippen MR) is 70.3 cm³/mol. The molecule has 0 spiro atoms. The van der Waals surface area contributed by atoms with Gasteiger partial charge in [-0.05, 0) is 31.0 Å². The first-order valence-corrected chi connectivity index (χ1v) is 6.12. The van der Waals surface area contributed by atoms with Crippen molar-refractivity contribution >= 4 is 11.6 Å². The number of hydrogen-bond acceptors (Lipinski definition) is 3. The van der Waals surface area contributed by atoms with E-state index in [0.29, 0.717) is 6.54 Å². The second kappa shape index (κ2) is 5.09. The molecule has 1 aliphatic heterocycles. The highest BCUT2D eigenvalue weighted by Crippen LogP contribution is 2.26. The highest BCUT2D eigenvalue weighted by Gasteiger charge is 2.30. The molecule has 1 N–H and O–H groups in total. The van der Waals surface area contributed by atoms with Gasteiger partial charge in [0.15, 0.2) is 0 Å². The fraction of sp³-hybridized carbons (Fsp3) is 0.429. The Bertz CT molecular complexity index is 504. The number of amides is 1. The molecule has 4 heteroatoms. The van der Waals surface area contributed by atoms with Crippen molar-refractivity contribution in [2.24, 2.45) is 0 Å². The first-order chi connectivity index (χ1) is 8.65. The summed E-state index contributed by atoms with van der Waals surface area (Å²) in [4.78, 5) is 13.9. The Balaban J connectivity index is 2.38. The standard InChI is InChI=1S/C14H17N3O/c1-10-4-3-5-12(11(10)2)17-9-8-16-14(18)13(17)6-7-15/h3-5,13H,6,8-9H2,1-2H3,(H,16,18). The van der Waals surface area contributed by atoms with Crippen molar-refractivity contribution in [1.82, 2.24) is 5.32 Å². The van der Waals surface area contributed by atoms with Gasteiger partial charge >= 0.3 is 0 Å². The molecule has 0 aliphatic carbocycles.